The molecule has 0 saturated heterocycles. The van der Waals surface area contributed by atoms with Crippen molar-refractivity contribution in [2.75, 3.05) is 19.5 Å². The van der Waals surface area contributed by atoms with Crippen molar-refractivity contribution in [1.29, 1.82) is 0 Å². The van der Waals surface area contributed by atoms with Crippen molar-refractivity contribution in [3.63, 3.8) is 0 Å². The molecule has 2 aromatic heterocycles. The van der Waals surface area contributed by atoms with E-state index in [1.54, 1.807) is 23.0 Å². The van der Waals surface area contributed by atoms with Crippen molar-refractivity contribution in [2.24, 2.45) is 0 Å². The fourth-order valence-corrected chi connectivity index (χ4v) is 4.82. The van der Waals surface area contributed by atoms with Gasteiger partial charge in [0, 0.05) is 30.9 Å². The maximum atomic E-state index is 13.0. The summed E-state index contributed by atoms with van der Waals surface area (Å²) in [5, 5.41) is 11.8. The molecular formula is C20H24N2O3S2. The molecule has 0 aliphatic rings. The molecule has 1 aromatic carbocycles. The maximum absolute atomic E-state index is 13.0. The monoisotopic (exact) mass is 404 g/mol. The largest absolute Gasteiger partial charge is 0.388 e. The minimum absolute atomic E-state index is 0.0104. The average Bonchev–Trinajstić information content (AvgIpc) is 3.12. The second kappa shape index (κ2) is 9.50. The summed E-state index contributed by atoms with van der Waals surface area (Å²) in [4.78, 5) is 19.7. The average molecular weight is 405 g/mol. The fourth-order valence-electron chi connectivity index (χ4n) is 2.82. The molecule has 27 heavy (non-hydrogen) atoms. The van der Waals surface area contributed by atoms with Gasteiger partial charge in [-0.25, -0.2) is 4.98 Å². The normalized spacial score (nSPS) is 12.6. The second-order valence-corrected chi connectivity index (χ2v) is 8.32. The van der Waals surface area contributed by atoms with E-state index in [2.05, 4.69) is 6.92 Å². The van der Waals surface area contributed by atoms with E-state index in [4.69, 9.17) is 9.72 Å². The van der Waals surface area contributed by atoms with Crippen molar-refractivity contribution in [3.8, 4) is 0 Å². The summed E-state index contributed by atoms with van der Waals surface area (Å²) in [5.74, 6) is 0.443. The first-order chi connectivity index (χ1) is 13.1. The summed E-state index contributed by atoms with van der Waals surface area (Å²) in [6.45, 7) is 3.22. The summed E-state index contributed by atoms with van der Waals surface area (Å²) in [5.41, 5.74) is 0.854. The lowest BCUT2D eigenvalue weighted by Crippen LogP contribution is -2.23. The lowest BCUT2D eigenvalue weighted by atomic mass is 10.1. The molecular weight excluding hydrogens is 380 g/mol. The van der Waals surface area contributed by atoms with Crippen molar-refractivity contribution in [2.45, 2.75) is 37.6 Å². The molecule has 5 nitrogen and oxygen atoms in total. The van der Waals surface area contributed by atoms with E-state index >= 15 is 0 Å². The maximum Gasteiger partial charge on any atom is 0.262 e. The van der Waals surface area contributed by atoms with E-state index < -0.39 is 6.10 Å². The van der Waals surface area contributed by atoms with Gasteiger partial charge in [0.2, 0.25) is 0 Å². The molecule has 1 atom stereocenters. The number of rotatable bonds is 9. The molecule has 2 heterocycles. The molecule has 1 N–H and O–H groups in total. The molecule has 0 fully saturated rings. The van der Waals surface area contributed by atoms with E-state index in [0.29, 0.717) is 29.4 Å². The highest BCUT2D eigenvalue weighted by Crippen LogP contribution is 2.27. The van der Waals surface area contributed by atoms with Crippen LogP contribution in [0, 0.1) is 0 Å². The quantitative estimate of drug-likeness (QED) is 0.333. The zero-order valence-electron chi connectivity index (χ0n) is 15.6. The Hall–Kier alpha value is -1.67. The summed E-state index contributed by atoms with van der Waals surface area (Å²) in [7, 11) is 1.66. The van der Waals surface area contributed by atoms with E-state index in [1.165, 1.54) is 11.8 Å². The summed E-state index contributed by atoms with van der Waals surface area (Å²) in [6, 6.07) is 11.5. The van der Waals surface area contributed by atoms with Crippen LogP contribution < -0.4 is 5.56 Å². The molecule has 0 saturated carbocycles. The van der Waals surface area contributed by atoms with Gasteiger partial charge < -0.3 is 9.84 Å². The Kier molecular flexibility index (Phi) is 7.07. The van der Waals surface area contributed by atoms with Crippen LogP contribution in [0.1, 0.15) is 29.9 Å². The minimum atomic E-state index is -0.606. The van der Waals surface area contributed by atoms with Gasteiger partial charge in [-0.15, -0.1) is 11.3 Å². The number of methoxy groups -OCH3 is 1. The molecule has 144 valence electrons. The van der Waals surface area contributed by atoms with Crippen LogP contribution in [-0.4, -0.2) is 34.1 Å². The number of aliphatic hydroxyl groups excluding tert-OH is 1. The van der Waals surface area contributed by atoms with Crippen LogP contribution in [0.5, 0.6) is 0 Å². The third-order valence-corrected chi connectivity index (χ3v) is 6.53. The topological polar surface area (TPSA) is 64.3 Å². The Balaban J connectivity index is 1.89. The van der Waals surface area contributed by atoms with Crippen molar-refractivity contribution in [3.05, 3.63) is 57.2 Å². The number of thioether (sulfide) groups is 1. The number of ether oxygens (including phenoxy) is 1. The summed E-state index contributed by atoms with van der Waals surface area (Å²) >= 11 is 2.99. The Morgan fingerprint density at radius 3 is 2.81 bits per heavy atom. The van der Waals surface area contributed by atoms with Crippen molar-refractivity contribution < 1.29 is 9.84 Å². The van der Waals surface area contributed by atoms with Crippen LogP contribution in [0.4, 0.5) is 0 Å². The van der Waals surface area contributed by atoms with Crippen LogP contribution in [0.3, 0.4) is 0 Å². The van der Waals surface area contributed by atoms with Crippen LogP contribution in [0.15, 0.2) is 46.3 Å². The van der Waals surface area contributed by atoms with Crippen LogP contribution in [0.2, 0.25) is 0 Å². The van der Waals surface area contributed by atoms with Gasteiger partial charge in [-0.1, -0.05) is 49.0 Å². The van der Waals surface area contributed by atoms with Gasteiger partial charge >= 0.3 is 0 Å². The van der Waals surface area contributed by atoms with Crippen LogP contribution in [-0.2, 0) is 17.7 Å². The Morgan fingerprint density at radius 1 is 1.33 bits per heavy atom. The number of nitrogens with zero attached hydrogens (tertiary/aromatic N) is 2. The van der Waals surface area contributed by atoms with Crippen molar-refractivity contribution in [1.82, 2.24) is 9.55 Å². The van der Waals surface area contributed by atoms with Crippen LogP contribution in [0.25, 0.3) is 10.2 Å². The fraction of sp³-hybridized carbons (Fsp3) is 0.400. The first-order valence-electron chi connectivity index (χ1n) is 9.02. The summed E-state index contributed by atoms with van der Waals surface area (Å²) in [6.07, 6.45) is 1.02. The van der Waals surface area contributed by atoms with E-state index in [1.807, 2.05) is 36.4 Å². The van der Waals surface area contributed by atoms with Gasteiger partial charge in [0.1, 0.15) is 4.83 Å². The smallest absolute Gasteiger partial charge is 0.262 e. The van der Waals surface area contributed by atoms with Gasteiger partial charge in [-0.2, -0.15) is 0 Å². The first-order valence-corrected chi connectivity index (χ1v) is 10.8. The third kappa shape index (κ3) is 4.79. The Bertz CT molecular complexity index is 938. The predicted molar refractivity (Wildman–Crippen MR) is 112 cm³/mol. The molecule has 0 aliphatic carbocycles. The van der Waals surface area contributed by atoms with E-state index in [0.717, 1.165) is 28.1 Å². The van der Waals surface area contributed by atoms with Gasteiger partial charge in [-0.3, -0.25) is 9.36 Å². The highest BCUT2D eigenvalue weighted by molar-refractivity contribution is 7.99. The number of aryl methyl sites for hydroxylation is 1. The molecule has 7 heteroatoms. The second-order valence-electron chi connectivity index (χ2n) is 6.22. The predicted octanol–water partition coefficient (Wildman–Crippen LogP) is 3.88. The Morgan fingerprint density at radius 2 is 2.11 bits per heavy atom. The lowest BCUT2D eigenvalue weighted by Gasteiger charge is -2.14. The number of aliphatic hydroxyl groups is 1. The van der Waals surface area contributed by atoms with Gasteiger partial charge in [0.25, 0.3) is 5.56 Å². The highest BCUT2D eigenvalue weighted by Gasteiger charge is 2.16. The number of aromatic nitrogens is 2. The highest BCUT2D eigenvalue weighted by atomic mass is 32.2. The number of benzene rings is 1. The first kappa shape index (κ1) is 20.1. The number of hydrogen-bond acceptors (Lipinski definition) is 6. The zero-order valence-corrected chi connectivity index (χ0v) is 17.2. The van der Waals surface area contributed by atoms with Gasteiger partial charge in [0.15, 0.2) is 5.16 Å². The zero-order chi connectivity index (χ0) is 19.2. The van der Waals surface area contributed by atoms with E-state index in [-0.39, 0.29) is 5.56 Å². The molecule has 0 bridgehead atoms. The SMILES string of the molecule is CCc1cc2c(=O)n(CCCOC)c(SC[C@H](O)c3ccccc3)nc2s1. The Labute approximate surface area is 167 Å². The van der Waals surface area contributed by atoms with Gasteiger partial charge in [0.05, 0.1) is 11.5 Å². The van der Waals surface area contributed by atoms with Crippen molar-refractivity contribution >= 4 is 33.3 Å². The molecule has 0 spiro atoms. The third-order valence-electron chi connectivity index (χ3n) is 4.30. The van der Waals surface area contributed by atoms with E-state index in [9.17, 15) is 9.90 Å². The number of fused-ring (bicyclic) bond motifs is 1. The standard InChI is InChI=1S/C20H24N2O3S2/c1-3-15-12-16-18(27-15)21-20(22(19(16)24)10-7-11-25-2)26-13-17(23)14-8-5-4-6-9-14/h4-6,8-9,12,17,23H,3,7,10-11,13H2,1-2H3/t17-/m0/s1. The molecule has 3 rings (SSSR count). The molecule has 3 aromatic rings. The molecule has 0 aliphatic heterocycles. The minimum Gasteiger partial charge on any atom is -0.388 e. The molecule has 0 amide bonds. The molecule has 0 unspecified atom stereocenters. The van der Waals surface area contributed by atoms with Gasteiger partial charge in [-0.05, 0) is 24.5 Å². The number of thiophene rings is 1. The lowest BCUT2D eigenvalue weighted by molar-refractivity contribution is 0.189. The molecule has 0 radical (unpaired) electrons. The summed E-state index contributed by atoms with van der Waals surface area (Å²) < 4.78 is 6.85. The van der Waals surface area contributed by atoms with Crippen LogP contribution >= 0.6 is 23.1 Å². The number of hydrogen-bond donors (Lipinski definition) is 1.